The van der Waals surface area contributed by atoms with E-state index in [2.05, 4.69) is 4.98 Å². The van der Waals surface area contributed by atoms with E-state index in [0.717, 1.165) is 11.4 Å². The Kier molecular flexibility index (Phi) is 3.39. The average Bonchev–Trinajstić information content (AvgIpc) is 2.34. The number of hydrogen-bond acceptors (Lipinski definition) is 4. The summed E-state index contributed by atoms with van der Waals surface area (Å²) in [7, 11) is 3.90. The average molecular weight is 200 g/mol. The number of rotatable bonds is 4. The first kappa shape index (κ1) is 10.1. The lowest BCUT2D eigenvalue weighted by atomic mass is 10.2. The van der Waals surface area contributed by atoms with Crippen molar-refractivity contribution in [2.24, 2.45) is 0 Å². The third-order valence-electron chi connectivity index (χ3n) is 1.50. The number of thiazole rings is 1. The maximum absolute atomic E-state index is 10.5. The molecule has 0 amide bonds. The predicted molar refractivity (Wildman–Crippen MR) is 50.8 cm³/mol. The zero-order chi connectivity index (χ0) is 9.84. The molecule has 0 saturated carbocycles. The fraction of sp³-hybridized carbons (Fsp3) is 0.500. The lowest BCUT2D eigenvalue weighted by Gasteiger charge is -2.07. The second-order valence-corrected chi connectivity index (χ2v) is 3.97. The van der Waals surface area contributed by atoms with E-state index in [9.17, 15) is 4.79 Å². The highest BCUT2D eigenvalue weighted by atomic mass is 32.1. The second kappa shape index (κ2) is 4.34. The smallest absolute Gasteiger partial charge is 0.309 e. The second-order valence-electron chi connectivity index (χ2n) is 3.03. The van der Waals surface area contributed by atoms with Crippen molar-refractivity contribution in [1.82, 2.24) is 9.88 Å². The van der Waals surface area contributed by atoms with Crippen molar-refractivity contribution < 1.29 is 9.90 Å². The first-order valence-corrected chi connectivity index (χ1v) is 4.75. The molecular weight excluding hydrogens is 188 g/mol. The minimum atomic E-state index is -0.828. The van der Waals surface area contributed by atoms with Crippen LogP contribution in [-0.4, -0.2) is 35.1 Å². The number of hydrogen-bond donors (Lipinski definition) is 1. The molecule has 1 aromatic heterocycles. The van der Waals surface area contributed by atoms with Crippen LogP contribution in [0.5, 0.6) is 0 Å². The van der Waals surface area contributed by atoms with Gasteiger partial charge in [0, 0.05) is 11.4 Å². The number of nitrogens with zero attached hydrogens (tertiary/aromatic N) is 2. The molecule has 0 aliphatic rings. The van der Waals surface area contributed by atoms with E-state index in [0.29, 0.717) is 5.69 Å². The Hall–Kier alpha value is -0.940. The van der Waals surface area contributed by atoms with Crippen LogP contribution in [0, 0.1) is 0 Å². The van der Waals surface area contributed by atoms with Crippen molar-refractivity contribution in [1.29, 1.82) is 0 Å². The Bertz CT molecular complexity index is 296. The molecule has 5 heteroatoms. The first-order chi connectivity index (χ1) is 6.09. The SMILES string of the molecule is CN(C)Cc1scnc1CC(=O)O. The molecule has 0 atom stereocenters. The van der Waals surface area contributed by atoms with Gasteiger partial charge in [0.25, 0.3) is 0 Å². The van der Waals surface area contributed by atoms with E-state index in [1.54, 1.807) is 5.51 Å². The van der Waals surface area contributed by atoms with E-state index in [1.165, 1.54) is 11.3 Å². The van der Waals surface area contributed by atoms with Crippen molar-refractivity contribution in [2.75, 3.05) is 14.1 Å². The molecule has 1 heterocycles. The molecule has 1 N–H and O–H groups in total. The van der Waals surface area contributed by atoms with Crippen LogP contribution in [0.25, 0.3) is 0 Å². The Morgan fingerprint density at radius 2 is 2.38 bits per heavy atom. The van der Waals surface area contributed by atoms with Crippen LogP contribution in [0.4, 0.5) is 0 Å². The van der Waals surface area contributed by atoms with Crippen molar-refractivity contribution in [3.8, 4) is 0 Å². The quantitative estimate of drug-likeness (QED) is 0.782. The van der Waals surface area contributed by atoms with E-state index < -0.39 is 5.97 Å². The summed E-state index contributed by atoms with van der Waals surface area (Å²) >= 11 is 1.50. The maximum atomic E-state index is 10.5. The molecule has 0 radical (unpaired) electrons. The summed E-state index contributed by atoms with van der Waals surface area (Å²) in [5, 5.41) is 8.59. The number of aliphatic carboxylic acids is 1. The van der Waals surface area contributed by atoms with Gasteiger partial charge in [0.05, 0.1) is 17.6 Å². The van der Waals surface area contributed by atoms with Crippen LogP contribution < -0.4 is 0 Å². The Morgan fingerprint density at radius 3 is 2.92 bits per heavy atom. The first-order valence-electron chi connectivity index (χ1n) is 3.87. The van der Waals surface area contributed by atoms with Gasteiger partial charge in [0.1, 0.15) is 0 Å². The number of carboxylic acid groups (broad SMARTS) is 1. The van der Waals surface area contributed by atoms with Crippen LogP contribution in [0.15, 0.2) is 5.51 Å². The molecule has 13 heavy (non-hydrogen) atoms. The normalized spacial score (nSPS) is 10.7. The third kappa shape index (κ3) is 3.12. The van der Waals surface area contributed by atoms with Gasteiger partial charge in [-0.3, -0.25) is 4.79 Å². The minimum absolute atomic E-state index is 0.0205. The summed E-state index contributed by atoms with van der Waals surface area (Å²) in [4.78, 5) is 17.5. The van der Waals surface area contributed by atoms with Crippen molar-refractivity contribution in [3.05, 3.63) is 16.1 Å². The van der Waals surface area contributed by atoms with Gasteiger partial charge in [-0.2, -0.15) is 0 Å². The molecule has 0 aliphatic heterocycles. The van der Waals surface area contributed by atoms with E-state index in [1.807, 2.05) is 19.0 Å². The van der Waals surface area contributed by atoms with Crippen molar-refractivity contribution >= 4 is 17.3 Å². The predicted octanol–water partition coefficient (Wildman–Crippen LogP) is 0.832. The fourth-order valence-electron chi connectivity index (χ4n) is 0.997. The van der Waals surface area contributed by atoms with Crippen LogP contribution in [0.1, 0.15) is 10.6 Å². The Morgan fingerprint density at radius 1 is 1.69 bits per heavy atom. The molecule has 0 bridgehead atoms. The van der Waals surface area contributed by atoms with Crippen LogP contribution in [0.2, 0.25) is 0 Å². The summed E-state index contributed by atoms with van der Waals surface area (Å²) < 4.78 is 0. The lowest BCUT2D eigenvalue weighted by Crippen LogP contribution is -2.12. The summed E-state index contributed by atoms with van der Waals surface area (Å²) in [6, 6.07) is 0. The molecule has 0 aliphatic carbocycles. The van der Waals surface area contributed by atoms with Gasteiger partial charge in [-0.15, -0.1) is 11.3 Å². The highest BCUT2D eigenvalue weighted by Gasteiger charge is 2.10. The minimum Gasteiger partial charge on any atom is -0.481 e. The van der Waals surface area contributed by atoms with Crippen molar-refractivity contribution in [3.63, 3.8) is 0 Å². The highest BCUT2D eigenvalue weighted by Crippen LogP contribution is 2.15. The summed E-state index contributed by atoms with van der Waals surface area (Å²) in [6.45, 7) is 0.757. The fourth-order valence-corrected chi connectivity index (χ4v) is 1.90. The molecule has 0 fully saturated rings. The zero-order valence-electron chi connectivity index (χ0n) is 7.65. The highest BCUT2D eigenvalue weighted by molar-refractivity contribution is 7.09. The molecule has 72 valence electrons. The van der Waals surface area contributed by atoms with Gasteiger partial charge in [-0.1, -0.05) is 0 Å². The number of aromatic nitrogens is 1. The monoisotopic (exact) mass is 200 g/mol. The molecule has 4 nitrogen and oxygen atoms in total. The zero-order valence-corrected chi connectivity index (χ0v) is 8.47. The molecular formula is C8H12N2O2S. The molecule has 0 aromatic carbocycles. The van der Waals surface area contributed by atoms with E-state index in [-0.39, 0.29) is 6.42 Å². The Labute approximate surface area is 80.8 Å². The van der Waals surface area contributed by atoms with Crippen LogP contribution in [-0.2, 0) is 17.8 Å². The lowest BCUT2D eigenvalue weighted by molar-refractivity contribution is -0.136. The van der Waals surface area contributed by atoms with Crippen LogP contribution in [0.3, 0.4) is 0 Å². The van der Waals surface area contributed by atoms with Gasteiger partial charge >= 0.3 is 5.97 Å². The standard InChI is InChI=1S/C8H12N2O2S/c1-10(2)4-7-6(3-8(11)12)9-5-13-7/h5H,3-4H2,1-2H3,(H,11,12). The van der Waals surface area contributed by atoms with Gasteiger partial charge < -0.3 is 10.0 Å². The summed E-state index contributed by atoms with van der Waals surface area (Å²) in [5.74, 6) is -0.828. The topological polar surface area (TPSA) is 53.4 Å². The van der Waals surface area contributed by atoms with Gasteiger partial charge in [-0.25, -0.2) is 4.98 Å². The summed E-state index contributed by atoms with van der Waals surface area (Å²) in [6.07, 6.45) is 0.0205. The molecule has 1 aromatic rings. The van der Waals surface area contributed by atoms with Gasteiger partial charge in [0.2, 0.25) is 0 Å². The maximum Gasteiger partial charge on any atom is 0.309 e. The molecule has 0 unspecified atom stereocenters. The Balaban J connectivity index is 2.71. The van der Waals surface area contributed by atoms with Gasteiger partial charge in [-0.05, 0) is 14.1 Å². The third-order valence-corrected chi connectivity index (χ3v) is 2.36. The van der Waals surface area contributed by atoms with Crippen molar-refractivity contribution in [2.45, 2.75) is 13.0 Å². The molecule has 0 saturated heterocycles. The largest absolute Gasteiger partial charge is 0.481 e. The summed E-state index contributed by atoms with van der Waals surface area (Å²) in [5.41, 5.74) is 2.38. The van der Waals surface area contributed by atoms with Gasteiger partial charge in [0.15, 0.2) is 0 Å². The van der Waals surface area contributed by atoms with E-state index >= 15 is 0 Å². The molecule has 1 rings (SSSR count). The van der Waals surface area contributed by atoms with Crippen LogP contribution >= 0.6 is 11.3 Å². The number of carboxylic acids is 1. The molecule has 0 spiro atoms. The number of carbonyl (C=O) groups is 1. The van der Waals surface area contributed by atoms with E-state index in [4.69, 9.17) is 5.11 Å².